The van der Waals surface area contributed by atoms with E-state index < -0.39 is 0 Å². The van der Waals surface area contributed by atoms with Crippen LogP contribution in [0.4, 0.5) is 0 Å². The third-order valence-corrected chi connectivity index (χ3v) is 3.01. The lowest BCUT2D eigenvalue weighted by molar-refractivity contribution is 0.202. The number of nitrogens with one attached hydrogen (secondary N) is 1. The lowest BCUT2D eigenvalue weighted by Gasteiger charge is -2.11. The fourth-order valence-electron chi connectivity index (χ4n) is 2.15. The van der Waals surface area contributed by atoms with Crippen molar-refractivity contribution in [3.05, 3.63) is 35.4 Å². The molecule has 1 heterocycles. The SMILES string of the molecule is COCCc1cccc(C2CCCN2)c1. The van der Waals surface area contributed by atoms with E-state index in [9.17, 15) is 0 Å². The number of ether oxygens (including phenoxy) is 1. The first-order chi connectivity index (χ1) is 7.40. The summed E-state index contributed by atoms with van der Waals surface area (Å²) >= 11 is 0. The highest BCUT2D eigenvalue weighted by molar-refractivity contribution is 5.26. The summed E-state index contributed by atoms with van der Waals surface area (Å²) in [5.74, 6) is 0. The van der Waals surface area contributed by atoms with Gasteiger partial charge in [-0.3, -0.25) is 0 Å². The normalized spacial score (nSPS) is 20.7. The minimum absolute atomic E-state index is 0.576. The molecular formula is C13H19NO. The molecule has 0 saturated carbocycles. The van der Waals surface area contributed by atoms with Crippen LogP contribution in [0.5, 0.6) is 0 Å². The van der Waals surface area contributed by atoms with Gasteiger partial charge >= 0.3 is 0 Å². The van der Waals surface area contributed by atoms with Crippen LogP contribution in [-0.4, -0.2) is 20.3 Å². The number of methoxy groups -OCH3 is 1. The highest BCUT2D eigenvalue weighted by Gasteiger charge is 2.15. The molecule has 2 rings (SSSR count). The summed E-state index contributed by atoms with van der Waals surface area (Å²) < 4.78 is 5.10. The molecule has 2 heteroatoms. The Morgan fingerprint density at radius 1 is 1.47 bits per heavy atom. The van der Waals surface area contributed by atoms with E-state index in [2.05, 4.69) is 29.6 Å². The molecule has 0 amide bonds. The Morgan fingerprint density at radius 3 is 3.13 bits per heavy atom. The van der Waals surface area contributed by atoms with Gasteiger partial charge in [0.25, 0.3) is 0 Å². The average molecular weight is 205 g/mol. The van der Waals surface area contributed by atoms with Crippen LogP contribution in [0.25, 0.3) is 0 Å². The fourth-order valence-corrected chi connectivity index (χ4v) is 2.15. The Hall–Kier alpha value is -0.860. The predicted octanol–water partition coefficient (Wildman–Crippen LogP) is 2.30. The molecule has 1 N–H and O–H groups in total. The molecule has 1 unspecified atom stereocenters. The lowest BCUT2D eigenvalue weighted by atomic mass is 10.0. The van der Waals surface area contributed by atoms with E-state index in [1.54, 1.807) is 7.11 Å². The Kier molecular flexibility index (Phi) is 3.75. The van der Waals surface area contributed by atoms with E-state index in [0.29, 0.717) is 6.04 Å². The van der Waals surface area contributed by atoms with E-state index in [1.807, 2.05) is 0 Å². The molecule has 1 aliphatic rings. The van der Waals surface area contributed by atoms with E-state index in [1.165, 1.54) is 24.0 Å². The largest absolute Gasteiger partial charge is 0.384 e. The van der Waals surface area contributed by atoms with E-state index in [-0.39, 0.29) is 0 Å². The minimum Gasteiger partial charge on any atom is -0.384 e. The Balaban J connectivity index is 2.04. The van der Waals surface area contributed by atoms with Gasteiger partial charge in [0, 0.05) is 13.2 Å². The van der Waals surface area contributed by atoms with Crippen LogP contribution in [0.1, 0.15) is 30.0 Å². The second-order valence-corrected chi connectivity index (χ2v) is 4.14. The zero-order valence-electron chi connectivity index (χ0n) is 9.33. The van der Waals surface area contributed by atoms with Crippen molar-refractivity contribution >= 4 is 0 Å². The predicted molar refractivity (Wildman–Crippen MR) is 62.0 cm³/mol. The summed E-state index contributed by atoms with van der Waals surface area (Å²) in [6.45, 7) is 1.97. The van der Waals surface area contributed by atoms with Gasteiger partial charge in [0.15, 0.2) is 0 Å². The molecule has 0 bridgehead atoms. The quantitative estimate of drug-likeness (QED) is 0.814. The molecule has 0 aromatic heterocycles. The van der Waals surface area contributed by atoms with Gasteiger partial charge in [-0.1, -0.05) is 24.3 Å². The minimum atomic E-state index is 0.576. The molecule has 0 aliphatic carbocycles. The van der Waals surface area contributed by atoms with E-state index in [0.717, 1.165) is 19.6 Å². The zero-order valence-corrected chi connectivity index (χ0v) is 9.33. The van der Waals surface area contributed by atoms with Gasteiger partial charge in [-0.2, -0.15) is 0 Å². The van der Waals surface area contributed by atoms with Gasteiger partial charge in [0.2, 0.25) is 0 Å². The Bertz CT molecular complexity index is 305. The summed E-state index contributed by atoms with van der Waals surface area (Å²) in [7, 11) is 1.75. The smallest absolute Gasteiger partial charge is 0.0502 e. The molecule has 1 aromatic carbocycles. The number of benzene rings is 1. The maximum absolute atomic E-state index is 5.10. The summed E-state index contributed by atoms with van der Waals surface area (Å²) in [5, 5.41) is 3.52. The monoisotopic (exact) mass is 205 g/mol. The van der Waals surface area contributed by atoms with Gasteiger partial charge in [-0.05, 0) is 36.9 Å². The van der Waals surface area contributed by atoms with Crippen LogP contribution in [0, 0.1) is 0 Å². The lowest BCUT2D eigenvalue weighted by Crippen LogP contribution is -2.13. The third-order valence-electron chi connectivity index (χ3n) is 3.01. The first-order valence-corrected chi connectivity index (χ1v) is 5.71. The van der Waals surface area contributed by atoms with Crippen molar-refractivity contribution in [1.82, 2.24) is 5.32 Å². The van der Waals surface area contributed by atoms with Crippen molar-refractivity contribution < 1.29 is 4.74 Å². The molecule has 1 aromatic rings. The van der Waals surface area contributed by atoms with E-state index >= 15 is 0 Å². The van der Waals surface area contributed by atoms with Crippen molar-refractivity contribution in [1.29, 1.82) is 0 Å². The molecule has 0 radical (unpaired) electrons. The molecule has 1 atom stereocenters. The van der Waals surface area contributed by atoms with Crippen LogP contribution in [0.3, 0.4) is 0 Å². The van der Waals surface area contributed by atoms with Crippen LogP contribution < -0.4 is 5.32 Å². The van der Waals surface area contributed by atoms with Crippen molar-refractivity contribution in [2.75, 3.05) is 20.3 Å². The standard InChI is InChI=1S/C13H19NO/c1-15-9-7-11-4-2-5-12(10-11)13-6-3-8-14-13/h2,4-5,10,13-14H,3,6-9H2,1H3. The van der Waals surface area contributed by atoms with Crippen molar-refractivity contribution in [3.8, 4) is 0 Å². The molecule has 1 aliphatic heterocycles. The third kappa shape index (κ3) is 2.80. The molecular weight excluding hydrogens is 186 g/mol. The first-order valence-electron chi connectivity index (χ1n) is 5.71. The summed E-state index contributed by atoms with van der Waals surface area (Å²) in [4.78, 5) is 0. The number of hydrogen-bond acceptors (Lipinski definition) is 2. The Labute approximate surface area is 91.6 Å². The highest BCUT2D eigenvalue weighted by atomic mass is 16.5. The van der Waals surface area contributed by atoms with Crippen molar-refractivity contribution in [3.63, 3.8) is 0 Å². The molecule has 0 spiro atoms. The van der Waals surface area contributed by atoms with Crippen molar-refractivity contribution in [2.45, 2.75) is 25.3 Å². The fraction of sp³-hybridized carbons (Fsp3) is 0.538. The summed E-state index contributed by atoms with van der Waals surface area (Å²) in [6.07, 6.45) is 3.58. The summed E-state index contributed by atoms with van der Waals surface area (Å²) in [6, 6.07) is 9.44. The van der Waals surface area contributed by atoms with Crippen molar-refractivity contribution in [2.24, 2.45) is 0 Å². The maximum Gasteiger partial charge on any atom is 0.0502 e. The van der Waals surface area contributed by atoms with Crippen LogP contribution in [0.15, 0.2) is 24.3 Å². The second-order valence-electron chi connectivity index (χ2n) is 4.14. The molecule has 15 heavy (non-hydrogen) atoms. The molecule has 82 valence electrons. The van der Waals surface area contributed by atoms with Gasteiger partial charge in [0.05, 0.1) is 6.61 Å². The van der Waals surface area contributed by atoms with Gasteiger partial charge in [0.1, 0.15) is 0 Å². The molecule has 1 fully saturated rings. The number of hydrogen-bond donors (Lipinski definition) is 1. The second kappa shape index (κ2) is 5.29. The van der Waals surface area contributed by atoms with E-state index in [4.69, 9.17) is 4.74 Å². The average Bonchev–Trinajstić information content (AvgIpc) is 2.80. The summed E-state index contributed by atoms with van der Waals surface area (Å²) in [5.41, 5.74) is 2.81. The van der Waals surface area contributed by atoms with Crippen LogP contribution >= 0.6 is 0 Å². The van der Waals surface area contributed by atoms with Gasteiger partial charge < -0.3 is 10.1 Å². The maximum atomic E-state index is 5.10. The molecule has 2 nitrogen and oxygen atoms in total. The van der Waals surface area contributed by atoms with Crippen LogP contribution in [-0.2, 0) is 11.2 Å². The zero-order chi connectivity index (χ0) is 10.5. The Morgan fingerprint density at radius 2 is 2.40 bits per heavy atom. The first kappa shape index (κ1) is 10.7. The number of rotatable bonds is 4. The van der Waals surface area contributed by atoms with Crippen LogP contribution in [0.2, 0.25) is 0 Å². The molecule has 1 saturated heterocycles. The topological polar surface area (TPSA) is 21.3 Å². The van der Waals surface area contributed by atoms with Gasteiger partial charge in [-0.25, -0.2) is 0 Å². The highest BCUT2D eigenvalue weighted by Crippen LogP contribution is 2.23. The van der Waals surface area contributed by atoms with Gasteiger partial charge in [-0.15, -0.1) is 0 Å².